The molecule has 0 saturated carbocycles. The summed E-state index contributed by atoms with van der Waals surface area (Å²) in [7, 11) is 1.96. The summed E-state index contributed by atoms with van der Waals surface area (Å²) >= 11 is 0. The van der Waals surface area contributed by atoms with Crippen LogP contribution in [0.1, 0.15) is 28.4 Å². The van der Waals surface area contributed by atoms with Crippen LogP contribution in [0.25, 0.3) is 0 Å². The fourth-order valence-corrected chi connectivity index (χ4v) is 2.04. The fraction of sp³-hybridized carbons (Fsp3) is 0.286. The van der Waals surface area contributed by atoms with Gasteiger partial charge in [0.25, 0.3) is 0 Å². The second-order valence-electron chi connectivity index (χ2n) is 4.20. The van der Waals surface area contributed by atoms with Crippen molar-refractivity contribution < 1.29 is 0 Å². The molecule has 0 saturated heterocycles. The van der Waals surface area contributed by atoms with Gasteiger partial charge in [-0.15, -0.1) is 0 Å². The molecule has 0 bridgehead atoms. The van der Waals surface area contributed by atoms with Crippen LogP contribution in [0, 0.1) is 13.8 Å². The molecule has 0 amide bonds. The van der Waals surface area contributed by atoms with E-state index in [9.17, 15) is 0 Å². The summed E-state index contributed by atoms with van der Waals surface area (Å²) in [5, 5.41) is 3.32. The van der Waals surface area contributed by atoms with Crippen LogP contribution in [-0.4, -0.2) is 17.0 Å². The highest BCUT2D eigenvalue weighted by atomic mass is 14.9. The first-order chi connectivity index (χ1) is 8.22. The van der Waals surface area contributed by atoms with E-state index in [4.69, 9.17) is 0 Å². The summed E-state index contributed by atoms with van der Waals surface area (Å²) in [6.45, 7) is 4.09. The lowest BCUT2D eigenvalue weighted by molar-refractivity contribution is 0.679. The molecule has 2 heterocycles. The van der Waals surface area contributed by atoms with Gasteiger partial charge in [0.05, 0.1) is 6.04 Å². The van der Waals surface area contributed by atoms with Crippen LogP contribution in [0.4, 0.5) is 0 Å². The Hall–Kier alpha value is -1.74. The average molecular weight is 227 g/mol. The first kappa shape index (κ1) is 11.7. The zero-order chi connectivity index (χ0) is 12.3. The Morgan fingerprint density at radius 2 is 2.06 bits per heavy atom. The third-order valence-electron chi connectivity index (χ3n) is 2.88. The number of hydrogen-bond acceptors (Lipinski definition) is 3. The molecule has 0 aliphatic rings. The van der Waals surface area contributed by atoms with E-state index in [2.05, 4.69) is 34.3 Å². The first-order valence-corrected chi connectivity index (χ1v) is 5.72. The van der Waals surface area contributed by atoms with Gasteiger partial charge in [-0.25, -0.2) is 0 Å². The first-order valence-electron chi connectivity index (χ1n) is 5.72. The van der Waals surface area contributed by atoms with Gasteiger partial charge in [0.1, 0.15) is 0 Å². The third kappa shape index (κ3) is 2.50. The maximum atomic E-state index is 4.34. The molecule has 0 aliphatic heterocycles. The fourth-order valence-electron chi connectivity index (χ4n) is 2.04. The number of nitrogens with one attached hydrogen (secondary N) is 1. The van der Waals surface area contributed by atoms with Crippen molar-refractivity contribution in [1.82, 2.24) is 15.3 Å². The summed E-state index contributed by atoms with van der Waals surface area (Å²) in [5.41, 5.74) is 4.59. The van der Waals surface area contributed by atoms with E-state index in [-0.39, 0.29) is 6.04 Å². The van der Waals surface area contributed by atoms with Crippen molar-refractivity contribution in [3.05, 3.63) is 59.2 Å². The molecule has 0 aliphatic carbocycles. The number of rotatable bonds is 3. The van der Waals surface area contributed by atoms with Gasteiger partial charge in [0.2, 0.25) is 0 Å². The number of pyridine rings is 2. The quantitative estimate of drug-likeness (QED) is 0.875. The van der Waals surface area contributed by atoms with E-state index in [0.29, 0.717) is 0 Å². The van der Waals surface area contributed by atoms with Crippen LogP contribution in [-0.2, 0) is 0 Å². The van der Waals surface area contributed by atoms with Crippen LogP contribution in [0.15, 0.2) is 36.8 Å². The molecule has 0 spiro atoms. The van der Waals surface area contributed by atoms with Gasteiger partial charge in [-0.3, -0.25) is 9.97 Å². The summed E-state index contributed by atoms with van der Waals surface area (Å²) < 4.78 is 0. The molecule has 1 N–H and O–H groups in total. The summed E-state index contributed by atoms with van der Waals surface area (Å²) in [6.07, 6.45) is 5.59. The molecule has 2 aromatic heterocycles. The number of nitrogens with zero attached hydrogens (tertiary/aromatic N) is 2. The standard InChI is InChI=1S/C14H17N3/c1-10-7-12(9-16-8-10)14(15-3)13-5-4-6-17-11(13)2/h4-9,14-15H,1-3H3. The number of aryl methyl sites for hydroxylation is 2. The van der Waals surface area contributed by atoms with E-state index in [1.165, 1.54) is 16.7 Å². The molecule has 1 atom stereocenters. The minimum absolute atomic E-state index is 0.149. The summed E-state index contributed by atoms with van der Waals surface area (Å²) in [6, 6.07) is 6.37. The van der Waals surface area contributed by atoms with Crippen LogP contribution >= 0.6 is 0 Å². The van der Waals surface area contributed by atoms with Gasteiger partial charge in [0, 0.05) is 24.3 Å². The minimum atomic E-state index is 0.149. The molecule has 17 heavy (non-hydrogen) atoms. The highest BCUT2D eigenvalue weighted by Crippen LogP contribution is 2.23. The normalized spacial score (nSPS) is 12.4. The van der Waals surface area contributed by atoms with E-state index < -0.39 is 0 Å². The second kappa shape index (κ2) is 5.06. The molecular formula is C14H17N3. The molecule has 3 heteroatoms. The Balaban J connectivity index is 2.44. The maximum absolute atomic E-state index is 4.34. The van der Waals surface area contributed by atoms with E-state index in [1.807, 2.05) is 38.6 Å². The number of aromatic nitrogens is 2. The van der Waals surface area contributed by atoms with E-state index in [1.54, 1.807) is 0 Å². The lowest BCUT2D eigenvalue weighted by Gasteiger charge is -2.18. The topological polar surface area (TPSA) is 37.8 Å². The molecule has 3 nitrogen and oxygen atoms in total. The Kier molecular flexibility index (Phi) is 3.49. The Morgan fingerprint density at radius 1 is 1.24 bits per heavy atom. The van der Waals surface area contributed by atoms with Gasteiger partial charge in [0.15, 0.2) is 0 Å². The van der Waals surface area contributed by atoms with Gasteiger partial charge in [-0.1, -0.05) is 12.1 Å². The van der Waals surface area contributed by atoms with Crippen molar-refractivity contribution in [2.24, 2.45) is 0 Å². The predicted octanol–water partition coefficient (Wildman–Crippen LogP) is 2.40. The molecule has 2 aromatic rings. The van der Waals surface area contributed by atoms with Crippen molar-refractivity contribution in [2.45, 2.75) is 19.9 Å². The molecule has 2 rings (SSSR count). The molecular weight excluding hydrogens is 210 g/mol. The smallest absolute Gasteiger partial charge is 0.0607 e. The molecule has 0 radical (unpaired) electrons. The zero-order valence-corrected chi connectivity index (χ0v) is 10.4. The van der Waals surface area contributed by atoms with Crippen molar-refractivity contribution in [1.29, 1.82) is 0 Å². The Labute approximate surface area is 102 Å². The van der Waals surface area contributed by atoms with Crippen molar-refractivity contribution in [3.63, 3.8) is 0 Å². The largest absolute Gasteiger partial charge is 0.309 e. The summed E-state index contributed by atoms with van der Waals surface area (Å²) in [4.78, 5) is 8.58. The molecule has 0 aromatic carbocycles. The average Bonchev–Trinajstić information content (AvgIpc) is 2.33. The van der Waals surface area contributed by atoms with Crippen LogP contribution in [0.5, 0.6) is 0 Å². The van der Waals surface area contributed by atoms with Crippen LogP contribution < -0.4 is 5.32 Å². The lowest BCUT2D eigenvalue weighted by atomic mass is 9.98. The van der Waals surface area contributed by atoms with Crippen molar-refractivity contribution in [2.75, 3.05) is 7.05 Å². The summed E-state index contributed by atoms with van der Waals surface area (Å²) in [5.74, 6) is 0. The highest BCUT2D eigenvalue weighted by molar-refractivity contribution is 5.33. The van der Waals surface area contributed by atoms with E-state index >= 15 is 0 Å². The van der Waals surface area contributed by atoms with Crippen molar-refractivity contribution in [3.8, 4) is 0 Å². The van der Waals surface area contributed by atoms with Gasteiger partial charge in [-0.05, 0) is 43.7 Å². The minimum Gasteiger partial charge on any atom is -0.309 e. The van der Waals surface area contributed by atoms with Crippen LogP contribution in [0.3, 0.4) is 0 Å². The molecule has 88 valence electrons. The van der Waals surface area contributed by atoms with Crippen molar-refractivity contribution >= 4 is 0 Å². The lowest BCUT2D eigenvalue weighted by Crippen LogP contribution is -2.19. The Bertz CT molecular complexity index is 508. The predicted molar refractivity (Wildman–Crippen MR) is 68.9 cm³/mol. The maximum Gasteiger partial charge on any atom is 0.0607 e. The molecule has 0 fully saturated rings. The third-order valence-corrected chi connectivity index (χ3v) is 2.88. The van der Waals surface area contributed by atoms with Gasteiger partial charge >= 0.3 is 0 Å². The monoisotopic (exact) mass is 227 g/mol. The number of hydrogen-bond donors (Lipinski definition) is 1. The SMILES string of the molecule is CNC(c1cncc(C)c1)c1cccnc1C. The second-order valence-corrected chi connectivity index (χ2v) is 4.20. The highest BCUT2D eigenvalue weighted by Gasteiger charge is 2.14. The molecule has 1 unspecified atom stereocenters. The Morgan fingerprint density at radius 3 is 2.71 bits per heavy atom. The van der Waals surface area contributed by atoms with Gasteiger partial charge in [-0.2, -0.15) is 0 Å². The van der Waals surface area contributed by atoms with Crippen LogP contribution in [0.2, 0.25) is 0 Å². The zero-order valence-electron chi connectivity index (χ0n) is 10.4. The van der Waals surface area contributed by atoms with E-state index in [0.717, 1.165) is 5.69 Å². The van der Waals surface area contributed by atoms with Gasteiger partial charge < -0.3 is 5.32 Å².